The maximum Gasteiger partial charge on any atom is -0.000473 e. The molecule has 0 saturated heterocycles. The van der Waals surface area contributed by atoms with Gasteiger partial charge in [0.15, 0.2) is 0 Å². The summed E-state index contributed by atoms with van der Waals surface area (Å²) >= 11 is 2.48. The Bertz CT molecular complexity index is 175. The van der Waals surface area contributed by atoms with Crippen molar-refractivity contribution in [2.24, 2.45) is 0 Å². The molecule has 0 N–H and O–H groups in total. The Morgan fingerprint density at radius 2 is 1.00 bits per heavy atom. The van der Waals surface area contributed by atoms with E-state index in [-0.39, 0.29) is 0 Å². The van der Waals surface area contributed by atoms with Gasteiger partial charge in [-0.2, -0.15) is 0 Å². The third kappa shape index (κ3) is 18.5. The van der Waals surface area contributed by atoms with Gasteiger partial charge in [-0.05, 0) is 37.0 Å². The molecule has 0 bridgehead atoms. The molecule has 0 aliphatic rings. The van der Waals surface area contributed by atoms with Gasteiger partial charge in [-0.15, -0.1) is 0 Å². The van der Waals surface area contributed by atoms with Crippen molar-refractivity contribution >= 4 is 22.6 Å². The van der Waals surface area contributed by atoms with Crippen molar-refractivity contribution in [1.29, 1.82) is 0 Å². The average molecular weight is 377 g/mol. The SMILES string of the molecule is [CH2]CC=CCCCCCCCCCCCCCCI. The van der Waals surface area contributed by atoms with E-state index in [4.69, 9.17) is 0 Å². The van der Waals surface area contributed by atoms with Gasteiger partial charge in [-0.3, -0.25) is 0 Å². The van der Waals surface area contributed by atoms with Crippen molar-refractivity contribution in [3.63, 3.8) is 0 Å². The summed E-state index contributed by atoms with van der Waals surface area (Å²) in [5.41, 5.74) is 0. The molecule has 113 valence electrons. The van der Waals surface area contributed by atoms with Gasteiger partial charge in [0.25, 0.3) is 0 Å². The molecule has 0 aliphatic heterocycles. The second kappa shape index (κ2) is 18.5. The molecule has 0 aliphatic carbocycles. The van der Waals surface area contributed by atoms with Crippen LogP contribution in [-0.2, 0) is 0 Å². The van der Waals surface area contributed by atoms with Crippen molar-refractivity contribution < 1.29 is 0 Å². The third-order valence-corrected chi connectivity index (χ3v) is 4.35. The Hall–Kier alpha value is 0.470. The van der Waals surface area contributed by atoms with E-state index < -0.39 is 0 Å². The van der Waals surface area contributed by atoms with E-state index in [1.54, 1.807) is 0 Å². The molecule has 0 rings (SSSR count). The Kier molecular flexibility index (Phi) is 18.9. The smallest absolute Gasteiger partial charge is 0.000473 e. The minimum absolute atomic E-state index is 0.943. The highest BCUT2D eigenvalue weighted by Crippen LogP contribution is 2.12. The van der Waals surface area contributed by atoms with E-state index in [9.17, 15) is 0 Å². The van der Waals surface area contributed by atoms with Crippen LogP contribution >= 0.6 is 22.6 Å². The molecule has 0 atom stereocenters. The lowest BCUT2D eigenvalue weighted by Crippen LogP contribution is -1.83. The number of alkyl halides is 1. The molecule has 19 heavy (non-hydrogen) atoms. The summed E-state index contributed by atoms with van der Waals surface area (Å²) in [5, 5.41) is 0. The zero-order valence-corrected chi connectivity index (χ0v) is 15.0. The molecule has 0 unspecified atom stereocenters. The Labute approximate surface area is 136 Å². The molecule has 0 nitrogen and oxygen atoms in total. The van der Waals surface area contributed by atoms with Gasteiger partial charge in [0.05, 0.1) is 0 Å². The lowest BCUT2D eigenvalue weighted by molar-refractivity contribution is 0.545. The molecule has 0 saturated carbocycles. The van der Waals surface area contributed by atoms with Crippen LogP contribution in [0, 0.1) is 6.92 Å². The number of hydrogen-bond donors (Lipinski definition) is 0. The van der Waals surface area contributed by atoms with Crippen molar-refractivity contribution in [2.45, 2.75) is 89.9 Å². The maximum atomic E-state index is 3.80. The fraction of sp³-hybridized carbons (Fsp3) is 0.833. The van der Waals surface area contributed by atoms with Crippen molar-refractivity contribution in [1.82, 2.24) is 0 Å². The molecule has 0 spiro atoms. The first-order valence-electron chi connectivity index (χ1n) is 8.42. The molecule has 0 aromatic rings. The predicted octanol–water partition coefficient (Wildman–Crippen LogP) is 7.27. The molecular weight excluding hydrogens is 343 g/mol. The topological polar surface area (TPSA) is 0 Å². The van der Waals surface area contributed by atoms with Gasteiger partial charge in [0, 0.05) is 0 Å². The fourth-order valence-electron chi connectivity index (χ4n) is 2.36. The lowest BCUT2D eigenvalue weighted by Gasteiger charge is -2.02. The van der Waals surface area contributed by atoms with Crippen molar-refractivity contribution in [3.8, 4) is 0 Å². The summed E-state index contributed by atoms with van der Waals surface area (Å²) in [6.45, 7) is 3.80. The molecule has 0 fully saturated rings. The van der Waals surface area contributed by atoms with E-state index >= 15 is 0 Å². The summed E-state index contributed by atoms with van der Waals surface area (Å²) in [4.78, 5) is 0. The van der Waals surface area contributed by atoms with Crippen LogP contribution in [0.15, 0.2) is 12.2 Å². The summed E-state index contributed by atoms with van der Waals surface area (Å²) < 4.78 is 1.34. The van der Waals surface area contributed by atoms with Gasteiger partial charge in [0.1, 0.15) is 0 Å². The number of unbranched alkanes of at least 4 members (excludes halogenated alkanes) is 12. The minimum atomic E-state index is 0.943. The van der Waals surface area contributed by atoms with E-state index in [1.165, 1.54) is 87.9 Å². The van der Waals surface area contributed by atoms with Gasteiger partial charge in [0.2, 0.25) is 0 Å². The van der Waals surface area contributed by atoms with E-state index in [2.05, 4.69) is 41.7 Å². The van der Waals surface area contributed by atoms with Crippen LogP contribution in [0.3, 0.4) is 0 Å². The van der Waals surface area contributed by atoms with Gasteiger partial charge >= 0.3 is 0 Å². The van der Waals surface area contributed by atoms with Crippen LogP contribution in [0.1, 0.15) is 89.9 Å². The van der Waals surface area contributed by atoms with E-state index in [1.807, 2.05) is 0 Å². The first-order chi connectivity index (χ1) is 9.41. The zero-order valence-electron chi connectivity index (χ0n) is 12.8. The molecule has 1 radical (unpaired) electrons. The van der Waals surface area contributed by atoms with Crippen LogP contribution in [0.25, 0.3) is 0 Å². The summed E-state index contributed by atoms with van der Waals surface area (Å²) in [6, 6.07) is 0. The van der Waals surface area contributed by atoms with Crippen LogP contribution in [0.2, 0.25) is 0 Å². The Balaban J connectivity index is 2.93. The quantitative estimate of drug-likeness (QED) is 0.122. The molecule has 0 aromatic carbocycles. The normalized spacial score (nSPS) is 11.5. The second-order valence-electron chi connectivity index (χ2n) is 5.48. The second-order valence-corrected chi connectivity index (χ2v) is 6.56. The zero-order chi connectivity index (χ0) is 14.0. The third-order valence-electron chi connectivity index (χ3n) is 3.59. The Morgan fingerprint density at radius 3 is 1.42 bits per heavy atom. The first kappa shape index (κ1) is 19.5. The largest absolute Gasteiger partial charge is 0.0885 e. The number of rotatable bonds is 15. The standard InChI is InChI=1S/C18H34I/c1-2-3-4-5-6-7-8-9-10-11-12-13-14-15-16-17-18-19/h3-4H,1-2,5-18H2. The highest BCUT2D eigenvalue weighted by Gasteiger charge is 1.93. The highest BCUT2D eigenvalue weighted by atomic mass is 127. The van der Waals surface area contributed by atoms with E-state index in [0.717, 1.165) is 6.42 Å². The Morgan fingerprint density at radius 1 is 0.579 bits per heavy atom. The molecule has 0 heterocycles. The maximum absolute atomic E-state index is 3.80. The first-order valence-corrected chi connectivity index (χ1v) is 9.94. The minimum Gasteiger partial charge on any atom is -0.0885 e. The van der Waals surface area contributed by atoms with E-state index in [0.29, 0.717) is 0 Å². The van der Waals surface area contributed by atoms with Crippen LogP contribution < -0.4 is 0 Å². The number of allylic oxidation sites excluding steroid dienone is 2. The number of hydrogen-bond acceptors (Lipinski definition) is 0. The monoisotopic (exact) mass is 377 g/mol. The number of halogens is 1. The van der Waals surface area contributed by atoms with Crippen molar-refractivity contribution in [2.75, 3.05) is 4.43 Å². The lowest BCUT2D eigenvalue weighted by atomic mass is 10.0. The average Bonchev–Trinajstić information content (AvgIpc) is 2.43. The van der Waals surface area contributed by atoms with Crippen LogP contribution in [0.4, 0.5) is 0 Å². The fourth-order valence-corrected chi connectivity index (χ4v) is 2.90. The summed E-state index contributed by atoms with van der Waals surface area (Å²) in [7, 11) is 0. The van der Waals surface area contributed by atoms with Gasteiger partial charge in [-0.1, -0.05) is 99.0 Å². The molecule has 0 amide bonds. The van der Waals surface area contributed by atoms with Crippen LogP contribution in [-0.4, -0.2) is 4.43 Å². The van der Waals surface area contributed by atoms with Gasteiger partial charge < -0.3 is 0 Å². The molecule has 0 aromatic heterocycles. The van der Waals surface area contributed by atoms with Crippen LogP contribution in [0.5, 0.6) is 0 Å². The highest BCUT2D eigenvalue weighted by molar-refractivity contribution is 14.1. The van der Waals surface area contributed by atoms with Crippen molar-refractivity contribution in [3.05, 3.63) is 19.1 Å². The molecular formula is C18H34I. The molecule has 1 heteroatoms. The van der Waals surface area contributed by atoms with Gasteiger partial charge in [-0.25, -0.2) is 0 Å². The summed E-state index contributed by atoms with van der Waals surface area (Å²) in [6.07, 6.45) is 24.0. The predicted molar refractivity (Wildman–Crippen MR) is 98.0 cm³/mol. The summed E-state index contributed by atoms with van der Waals surface area (Å²) in [5.74, 6) is 0.